The maximum atomic E-state index is 15.1. The van der Waals surface area contributed by atoms with E-state index in [9.17, 15) is 53.9 Å². The zero-order valence-corrected chi connectivity index (χ0v) is 77.7. The number of hydrogen-bond donors (Lipinski definition) is 11. The van der Waals surface area contributed by atoms with Gasteiger partial charge in [0, 0.05) is 50.3 Å². The summed E-state index contributed by atoms with van der Waals surface area (Å²) in [5.41, 5.74) is 7.89. The van der Waals surface area contributed by atoms with E-state index in [4.69, 9.17) is 46.4 Å². The van der Waals surface area contributed by atoms with Gasteiger partial charge in [-0.05, 0) is 306 Å². The second kappa shape index (κ2) is 45.6. The molecule has 10 aromatic rings. The summed E-state index contributed by atoms with van der Waals surface area (Å²) in [6.07, 6.45) is 10.0. The van der Waals surface area contributed by atoms with Crippen molar-refractivity contribution in [3.8, 4) is 0 Å². The Morgan fingerprint density at radius 2 is 0.887 bits per heavy atom. The second-order valence-electron chi connectivity index (χ2n) is 34.5. The smallest absolute Gasteiger partial charge is 0.357 e. The van der Waals surface area contributed by atoms with Gasteiger partial charge in [-0.3, -0.25) is 29.5 Å². The van der Waals surface area contributed by atoms with Gasteiger partial charge in [-0.25, -0.2) is 42.5 Å². The molecule has 6 aromatic heterocycles. The molecule has 27 nitrogen and oxygen atoms in total. The van der Waals surface area contributed by atoms with Crippen LogP contribution in [0.3, 0.4) is 0 Å². The van der Waals surface area contributed by atoms with E-state index in [0.717, 1.165) is 186 Å². The fourth-order valence-electron chi connectivity index (χ4n) is 17.2. The van der Waals surface area contributed by atoms with Gasteiger partial charge in [0.25, 0.3) is 0 Å². The number of alkyl halides is 6. The number of ketones is 1. The number of aryl methyl sites for hydroxylation is 4. The van der Waals surface area contributed by atoms with Crippen molar-refractivity contribution in [2.75, 3.05) is 118 Å². The molecule has 16 rings (SSSR count). The highest BCUT2D eigenvalue weighted by molar-refractivity contribution is 6.33. The Labute approximate surface area is 784 Å². The molecule has 0 spiro atoms. The summed E-state index contributed by atoms with van der Waals surface area (Å²) in [5, 5.41) is 38.6. The summed E-state index contributed by atoms with van der Waals surface area (Å²) in [7, 11) is 4.24. The van der Waals surface area contributed by atoms with E-state index in [2.05, 4.69) is 132 Å². The standard InChI is InChI=1S/C24H26ClF4N7O.2C23H30ClFN6O.C22H22ClF4N5/c1-3-15(37)12-36-6-4-14(5-7-36)16-9-18(26)19(8-13(16)2)31-23-30-11-17(25)22(33-23)32-21-10-20(34-35-21)24(27,28)29;2*1-14-11-20(18(25)12-16(14)15-6-9-31(2)10-7-15)29-23-27-13-17(24)21(30-23)28-19-5-3-4-8-26-22(19)32;1-12-6-14(18(24)10-16(12)13-2-4-28-5-3-13)7-21-29-11-17(23)19(30-21)8-15-9-20(32-31-15)22(25,26)27/h8-11,14H,3-7,12H2,1-2H3,(H3,30,31,32,33,34,35);2*11-13,15,19H,3-10H2,1-2H3,(H,26,32)(H2,27,28,29,30);6,9-11,13,28H,2-5,7-8H2,1H3,(H,31,32)/t;2*19-;/m.10./s1. The molecule has 11 N–H and O–H groups in total. The molecule has 0 aliphatic carbocycles. The number of hydrogen-bond acceptors (Lipinski definition) is 23. The lowest BCUT2D eigenvalue weighted by Gasteiger charge is -2.32. The van der Waals surface area contributed by atoms with Crippen molar-refractivity contribution in [3.05, 3.63) is 207 Å². The molecule has 41 heteroatoms. The van der Waals surface area contributed by atoms with Crippen molar-refractivity contribution in [2.24, 2.45) is 0 Å². The van der Waals surface area contributed by atoms with Crippen LogP contribution in [0.4, 0.5) is 102 Å². The van der Waals surface area contributed by atoms with E-state index in [1.165, 1.54) is 30.9 Å². The normalized spacial score (nSPS) is 17.8. The van der Waals surface area contributed by atoms with Crippen molar-refractivity contribution in [2.45, 2.75) is 192 Å². The molecule has 2 amide bonds. The number of Topliss-reactive ketones (excluding diaryl/α,β-unsaturated/α-hetero) is 1. The number of carbonyl (C=O) groups excluding carboxylic acids is 3. The predicted molar refractivity (Wildman–Crippen MR) is 495 cm³/mol. The van der Waals surface area contributed by atoms with Gasteiger partial charge < -0.3 is 57.7 Å². The Morgan fingerprint density at radius 1 is 0.459 bits per heavy atom. The molecule has 0 saturated carbocycles. The van der Waals surface area contributed by atoms with Crippen LogP contribution in [0.5, 0.6) is 0 Å². The van der Waals surface area contributed by atoms with Crippen molar-refractivity contribution >= 4 is 122 Å². The van der Waals surface area contributed by atoms with Crippen LogP contribution in [-0.4, -0.2) is 191 Å². The van der Waals surface area contributed by atoms with Gasteiger partial charge in [-0.1, -0.05) is 59.4 Å². The highest BCUT2D eigenvalue weighted by Crippen LogP contribution is 2.41. The molecular weight excluding hydrogens is 1820 g/mol. The minimum Gasteiger partial charge on any atom is -0.357 e. The second-order valence-corrected chi connectivity index (χ2v) is 36.1. The zero-order valence-electron chi connectivity index (χ0n) is 74.7. The Bertz CT molecular complexity index is 5550. The summed E-state index contributed by atoms with van der Waals surface area (Å²) < 4.78 is 137. The summed E-state index contributed by atoms with van der Waals surface area (Å²) in [6, 6.07) is 14.4. The Kier molecular flexibility index (Phi) is 34.2. The number of halogens is 14. The minimum absolute atomic E-state index is 0.00135. The topological polar surface area (TPSA) is 330 Å². The van der Waals surface area contributed by atoms with Crippen LogP contribution in [0.1, 0.15) is 206 Å². The average molecular weight is 1930 g/mol. The first kappa shape index (κ1) is 99.8. The molecule has 133 heavy (non-hydrogen) atoms. The molecule has 6 aliphatic rings. The fourth-order valence-corrected chi connectivity index (χ4v) is 17.8. The quantitative estimate of drug-likeness (QED) is 0.0265. The summed E-state index contributed by atoms with van der Waals surface area (Å²) >= 11 is 24.7. The van der Waals surface area contributed by atoms with E-state index >= 15 is 4.39 Å². The van der Waals surface area contributed by atoms with Crippen molar-refractivity contribution in [1.29, 1.82) is 0 Å². The summed E-state index contributed by atoms with van der Waals surface area (Å²) in [4.78, 5) is 76.9. The maximum absolute atomic E-state index is 15.1. The van der Waals surface area contributed by atoms with Crippen LogP contribution >= 0.6 is 46.4 Å². The number of piperidine rings is 4. The van der Waals surface area contributed by atoms with Crippen LogP contribution in [0.2, 0.25) is 20.1 Å². The summed E-state index contributed by atoms with van der Waals surface area (Å²) in [6.45, 7) is 19.1. The van der Waals surface area contributed by atoms with Gasteiger partial charge in [-0.2, -0.15) is 51.5 Å². The number of nitrogens with one attached hydrogen (secondary N) is 11. The third-order valence-electron chi connectivity index (χ3n) is 24.7. The van der Waals surface area contributed by atoms with E-state index in [1.54, 1.807) is 24.3 Å². The molecule has 12 heterocycles. The lowest BCUT2D eigenvalue weighted by Crippen LogP contribution is -2.38. The minimum atomic E-state index is -4.58. The van der Waals surface area contributed by atoms with Gasteiger partial charge in [0.1, 0.15) is 67.7 Å². The molecule has 6 aliphatic heterocycles. The average Bonchev–Trinajstić information content (AvgIpc) is 1.47. The highest BCUT2D eigenvalue weighted by atomic mass is 35.5. The van der Waals surface area contributed by atoms with Crippen LogP contribution in [0, 0.1) is 51.0 Å². The fraction of sp³-hybridized carbons (Fsp3) is 0.467. The van der Waals surface area contributed by atoms with Gasteiger partial charge in [0.15, 0.2) is 29.0 Å². The number of anilines is 10. The molecule has 4 aromatic carbocycles. The highest BCUT2D eigenvalue weighted by Gasteiger charge is 2.36. The first-order chi connectivity index (χ1) is 63.5. The SMILES string of the molecule is CCC(=O)CN1CCC(c2cc(F)c(Nc3ncc(Cl)c(Nc4cc(C(F)(F)F)[nH]n4)n3)cc2C)CC1.Cc1cc(Cc2ncc(Cl)c(Cc3cc(C(F)(F)F)n[nH]3)n2)c(F)cc1C1CCNCC1.Cc1cc(Nc2ncc(Cl)c(N[C@@H]3CCCCNC3=O)n2)c(F)cc1C1CCN(C)CC1.Cc1cc(Nc2ncc(Cl)c(N[C@H]3CCCCNC3=O)n2)c(F)cc1C1CCN(C)CC1. The number of rotatable bonds is 23. The van der Waals surface area contributed by atoms with Crippen LogP contribution in [0.15, 0.2) is 85.5 Å². The van der Waals surface area contributed by atoms with E-state index in [0.29, 0.717) is 107 Å². The van der Waals surface area contributed by atoms with Gasteiger partial charge >= 0.3 is 12.4 Å². The van der Waals surface area contributed by atoms with E-state index < -0.39 is 41.6 Å². The van der Waals surface area contributed by atoms with Gasteiger partial charge in [0.05, 0.1) is 52.9 Å². The van der Waals surface area contributed by atoms with Crippen LogP contribution in [-0.2, 0) is 39.6 Å². The molecule has 0 bridgehead atoms. The predicted octanol–water partition coefficient (Wildman–Crippen LogP) is 19.4. The zero-order chi connectivity index (χ0) is 95.0. The number of carbonyl (C=O) groups is 3. The number of nitrogens with zero attached hydrogens (tertiary/aromatic N) is 13. The van der Waals surface area contributed by atoms with Crippen molar-refractivity contribution in [1.82, 2.24) is 90.9 Å². The Morgan fingerprint density at radius 3 is 1.33 bits per heavy atom. The number of aromatic nitrogens is 12. The van der Waals surface area contributed by atoms with E-state index in [-0.39, 0.29) is 105 Å². The third kappa shape index (κ3) is 27.4. The van der Waals surface area contributed by atoms with Crippen molar-refractivity contribution < 1.29 is 58.3 Å². The van der Waals surface area contributed by atoms with Crippen LogP contribution < -0.4 is 47.9 Å². The molecule has 0 unspecified atom stereocenters. The lowest BCUT2D eigenvalue weighted by atomic mass is 9.86. The largest absolute Gasteiger partial charge is 0.435 e. The first-order valence-corrected chi connectivity index (χ1v) is 46.1. The molecule has 0 radical (unpaired) electrons. The van der Waals surface area contributed by atoms with E-state index in [1.807, 2.05) is 57.9 Å². The molecule has 6 saturated heterocycles. The summed E-state index contributed by atoms with van der Waals surface area (Å²) in [5.74, 6) is 1.24. The number of aromatic amines is 2. The van der Waals surface area contributed by atoms with Crippen molar-refractivity contribution in [3.63, 3.8) is 0 Å². The Hall–Kier alpha value is -10.7. The van der Waals surface area contributed by atoms with Gasteiger partial charge in [0.2, 0.25) is 29.7 Å². The number of benzene rings is 4. The molecule has 712 valence electrons. The van der Waals surface area contributed by atoms with Gasteiger partial charge in [-0.15, -0.1) is 0 Å². The maximum Gasteiger partial charge on any atom is 0.435 e. The molecule has 6 fully saturated rings. The van der Waals surface area contributed by atoms with Crippen LogP contribution in [0.25, 0.3) is 0 Å². The Balaban J connectivity index is 0.000000151. The monoisotopic (exact) mass is 1930 g/mol. The molecular formula is C92H108Cl4F10N24O3. The number of amides is 2. The number of H-pyrrole nitrogens is 2. The third-order valence-corrected chi connectivity index (χ3v) is 25.9. The molecule has 2 atom stereocenters. The lowest BCUT2D eigenvalue weighted by molar-refractivity contribution is -0.142. The number of likely N-dealkylation sites (tertiary alicyclic amines) is 3. The first-order valence-electron chi connectivity index (χ1n) is 44.5.